The van der Waals surface area contributed by atoms with Crippen molar-refractivity contribution in [1.82, 2.24) is 0 Å². The van der Waals surface area contributed by atoms with Gasteiger partial charge in [0.2, 0.25) is 0 Å². The Morgan fingerprint density at radius 3 is 2.75 bits per heavy atom. The number of aryl methyl sites for hydroxylation is 1. The maximum absolute atomic E-state index is 5.96. The van der Waals surface area contributed by atoms with E-state index < -0.39 is 0 Å². The Morgan fingerprint density at radius 1 is 1.38 bits per heavy atom. The van der Waals surface area contributed by atoms with E-state index in [-0.39, 0.29) is 11.7 Å². The summed E-state index contributed by atoms with van der Waals surface area (Å²) < 4.78 is 11.6. The van der Waals surface area contributed by atoms with E-state index in [2.05, 4.69) is 45.0 Å². The Morgan fingerprint density at radius 2 is 2.12 bits per heavy atom. The normalized spacial score (nSPS) is 23.6. The van der Waals surface area contributed by atoms with Crippen molar-refractivity contribution in [3.63, 3.8) is 0 Å². The molecule has 1 aliphatic heterocycles. The quantitative estimate of drug-likeness (QED) is 0.779. The first-order valence-corrected chi connectivity index (χ1v) is 5.90. The highest BCUT2D eigenvalue weighted by Crippen LogP contribution is 2.28. The van der Waals surface area contributed by atoms with E-state index in [9.17, 15) is 0 Å². The van der Waals surface area contributed by atoms with Gasteiger partial charge in [-0.15, -0.1) is 0 Å². The lowest BCUT2D eigenvalue weighted by Gasteiger charge is -2.26. The van der Waals surface area contributed by atoms with Crippen LogP contribution in [0.5, 0.6) is 0 Å². The van der Waals surface area contributed by atoms with Crippen LogP contribution in [0.25, 0.3) is 0 Å². The van der Waals surface area contributed by atoms with Gasteiger partial charge in [0.05, 0.1) is 24.9 Å². The molecule has 1 aromatic rings. The van der Waals surface area contributed by atoms with Crippen LogP contribution in [-0.4, -0.2) is 18.3 Å². The number of hydrogen-bond acceptors (Lipinski definition) is 2. The first-order chi connectivity index (χ1) is 7.59. The van der Waals surface area contributed by atoms with Crippen molar-refractivity contribution in [1.29, 1.82) is 0 Å². The first-order valence-electron chi connectivity index (χ1n) is 5.90. The largest absolute Gasteiger partial charge is 0.373 e. The molecular formula is C14H20O2. The van der Waals surface area contributed by atoms with Gasteiger partial charge < -0.3 is 9.47 Å². The molecule has 0 amide bonds. The van der Waals surface area contributed by atoms with Crippen LogP contribution in [-0.2, 0) is 16.1 Å². The minimum Gasteiger partial charge on any atom is -0.373 e. The van der Waals surface area contributed by atoms with Gasteiger partial charge in [0, 0.05) is 0 Å². The summed E-state index contributed by atoms with van der Waals surface area (Å²) in [6, 6.07) is 8.36. The molecule has 0 spiro atoms. The molecule has 88 valence electrons. The van der Waals surface area contributed by atoms with Crippen molar-refractivity contribution >= 4 is 0 Å². The molecular weight excluding hydrogens is 200 g/mol. The molecule has 0 aromatic heterocycles. The molecule has 2 nitrogen and oxygen atoms in total. The molecule has 2 heteroatoms. The van der Waals surface area contributed by atoms with E-state index in [1.54, 1.807) is 0 Å². The van der Waals surface area contributed by atoms with Crippen LogP contribution in [0.2, 0.25) is 0 Å². The van der Waals surface area contributed by atoms with Crippen molar-refractivity contribution in [2.45, 2.75) is 45.5 Å². The predicted molar refractivity (Wildman–Crippen MR) is 64.4 cm³/mol. The third kappa shape index (κ3) is 2.45. The third-order valence-corrected chi connectivity index (χ3v) is 3.33. The fourth-order valence-corrected chi connectivity index (χ4v) is 2.12. The van der Waals surface area contributed by atoms with Crippen molar-refractivity contribution < 1.29 is 9.47 Å². The second-order valence-corrected chi connectivity index (χ2v) is 4.97. The molecule has 0 radical (unpaired) electrons. The van der Waals surface area contributed by atoms with Crippen LogP contribution < -0.4 is 0 Å². The van der Waals surface area contributed by atoms with Crippen LogP contribution in [0.4, 0.5) is 0 Å². The Balaban J connectivity index is 1.95. The van der Waals surface area contributed by atoms with Crippen LogP contribution >= 0.6 is 0 Å². The topological polar surface area (TPSA) is 18.5 Å². The van der Waals surface area contributed by atoms with Crippen LogP contribution in [0.15, 0.2) is 24.3 Å². The van der Waals surface area contributed by atoms with Gasteiger partial charge in [0.25, 0.3) is 0 Å². The van der Waals surface area contributed by atoms with Gasteiger partial charge in [0.1, 0.15) is 0 Å². The molecule has 1 saturated heterocycles. The Bertz CT molecular complexity index is 358. The maximum Gasteiger partial charge on any atom is 0.0888 e. The van der Waals surface area contributed by atoms with Crippen LogP contribution in [0, 0.1) is 6.92 Å². The lowest BCUT2D eigenvalue weighted by molar-refractivity contribution is -0.0694. The highest BCUT2D eigenvalue weighted by molar-refractivity contribution is 5.24. The second-order valence-electron chi connectivity index (χ2n) is 4.97. The third-order valence-electron chi connectivity index (χ3n) is 3.33. The van der Waals surface area contributed by atoms with Gasteiger partial charge in [-0.25, -0.2) is 0 Å². The summed E-state index contributed by atoms with van der Waals surface area (Å²) in [4.78, 5) is 0. The molecule has 1 fully saturated rings. The summed E-state index contributed by atoms with van der Waals surface area (Å²) in [5, 5.41) is 0. The number of hydrogen-bond donors (Lipinski definition) is 0. The monoisotopic (exact) mass is 220 g/mol. The molecule has 0 N–H and O–H groups in total. The maximum atomic E-state index is 5.96. The molecule has 0 saturated carbocycles. The van der Waals surface area contributed by atoms with Crippen LogP contribution in [0.1, 0.15) is 31.4 Å². The lowest BCUT2D eigenvalue weighted by Crippen LogP contribution is -2.34. The van der Waals surface area contributed by atoms with E-state index in [0.717, 1.165) is 13.0 Å². The summed E-state index contributed by atoms with van der Waals surface area (Å²) in [6.45, 7) is 7.82. The average molecular weight is 220 g/mol. The second kappa shape index (κ2) is 4.56. The molecule has 0 aliphatic carbocycles. The van der Waals surface area contributed by atoms with Crippen molar-refractivity contribution in [3.8, 4) is 0 Å². The Kier molecular flexibility index (Phi) is 3.31. The Hall–Kier alpha value is -0.860. The summed E-state index contributed by atoms with van der Waals surface area (Å²) in [6.07, 6.45) is 1.21. The van der Waals surface area contributed by atoms with Crippen molar-refractivity contribution in [3.05, 3.63) is 35.4 Å². The highest BCUT2D eigenvalue weighted by Gasteiger charge is 2.36. The van der Waals surface area contributed by atoms with E-state index in [1.807, 2.05) is 0 Å². The zero-order chi connectivity index (χ0) is 11.6. The van der Waals surface area contributed by atoms with Crippen molar-refractivity contribution in [2.75, 3.05) is 6.61 Å². The fourth-order valence-electron chi connectivity index (χ4n) is 2.12. The molecule has 0 bridgehead atoms. The fraction of sp³-hybridized carbons (Fsp3) is 0.571. The first kappa shape index (κ1) is 11.6. The van der Waals surface area contributed by atoms with E-state index in [4.69, 9.17) is 9.47 Å². The summed E-state index contributed by atoms with van der Waals surface area (Å²) in [5.74, 6) is 0. The van der Waals surface area contributed by atoms with Gasteiger partial charge in [-0.1, -0.05) is 24.3 Å². The highest BCUT2D eigenvalue weighted by atomic mass is 16.6. The molecule has 16 heavy (non-hydrogen) atoms. The van der Waals surface area contributed by atoms with E-state index >= 15 is 0 Å². The van der Waals surface area contributed by atoms with Gasteiger partial charge >= 0.3 is 0 Å². The summed E-state index contributed by atoms with van der Waals surface area (Å²) in [7, 11) is 0. The smallest absolute Gasteiger partial charge is 0.0888 e. The molecule has 1 heterocycles. The SMILES string of the molecule is Cc1ccccc1COC1CCOC1(C)C. The zero-order valence-electron chi connectivity index (χ0n) is 10.3. The summed E-state index contributed by atoms with van der Waals surface area (Å²) in [5.41, 5.74) is 2.42. The summed E-state index contributed by atoms with van der Waals surface area (Å²) >= 11 is 0. The minimum atomic E-state index is -0.136. The standard InChI is InChI=1S/C14H20O2/c1-11-6-4-5-7-12(11)10-15-13-8-9-16-14(13,2)3/h4-7,13H,8-10H2,1-3H3. The van der Waals surface area contributed by atoms with Gasteiger partial charge in [0.15, 0.2) is 0 Å². The van der Waals surface area contributed by atoms with Crippen molar-refractivity contribution in [2.24, 2.45) is 0 Å². The number of benzene rings is 1. The Labute approximate surface area is 97.6 Å². The van der Waals surface area contributed by atoms with E-state index in [1.165, 1.54) is 11.1 Å². The van der Waals surface area contributed by atoms with Gasteiger partial charge in [-0.2, -0.15) is 0 Å². The van der Waals surface area contributed by atoms with Gasteiger partial charge in [-0.05, 0) is 38.3 Å². The molecule has 1 aromatic carbocycles. The molecule has 1 aliphatic rings. The zero-order valence-corrected chi connectivity index (χ0v) is 10.3. The average Bonchev–Trinajstić information content (AvgIpc) is 2.57. The predicted octanol–water partition coefficient (Wildman–Crippen LogP) is 3.08. The molecule has 2 rings (SSSR count). The number of rotatable bonds is 3. The minimum absolute atomic E-state index is 0.136. The molecule has 1 atom stereocenters. The number of ether oxygens (including phenoxy) is 2. The van der Waals surface area contributed by atoms with Crippen LogP contribution in [0.3, 0.4) is 0 Å². The van der Waals surface area contributed by atoms with Gasteiger partial charge in [-0.3, -0.25) is 0 Å². The molecule has 1 unspecified atom stereocenters. The van der Waals surface area contributed by atoms with E-state index in [0.29, 0.717) is 6.61 Å². The lowest BCUT2D eigenvalue weighted by atomic mass is 10.0.